The van der Waals surface area contributed by atoms with Gasteiger partial charge in [0.05, 0.1) is 22.0 Å². The zero-order chi connectivity index (χ0) is 13.7. The number of aryl methyl sites for hydroxylation is 2. The number of likely N-dealkylation sites (N-methyl/N-ethyl adjacent to an activating group) is 1. The first-order valence-corrected chi connectivity index (χ1v) is 7.28. The Labute approximate surface area is 118 Å². The van der Waals surface area contributed by atoms with E-state index in [9.17, 15) is 0 Å². The van der Waals surface area contributed by atoms with Crippen LogP contribution in [0, 0.1) is 6.92 Å². The smallest absolute Gasteiger partial charge is 0.0738 e. The van der Waals surface area contributed by atoms with Crippen molar-refractivity contribution >= 4 is 15.9 Å². The molecule has 0 fully saturated rings. The van der Waals surface area contributed by atoms with Crippen molar-refractivity contribution in [1.82, 2.24) is 15.1 Å². The van der Waals surface area contributed by atoms with E-state index in [-0.39, 0.29) is 6.10 Å². The Morgan fingerprint density at radius 2 is 2.11 bits per heavy atom. The minimum Gasteiger partial charge on any atom is -0.380 e. The van der Waals surface area contributed by atoms with Crippen LogP contribution in [0.25, 0.3) is 0 Å². The van der Waals surface area contributed by atoms with E-state index in [0.29, 0.717) is 6.04 Å². The number of rotatable bonds is 7. The van der Waals surface area contributed by atoms with Gasteiger partial charge in [0.1, 0.15) is 0 Å². The number of hydrogen-bond donors (Lipinski definition) is 1. The van der Waals surface area contributed by atoms with E-state index in [0.717, 1.165) is 29.6 Å². The molecule has 0 aromatic carbocycles. The number of aromatic nitrogens is 2. The SMILES string of the molecule is CCNC(Cc1c(Br)c(C)nn1C)C(CC)OC. The fourth-order valence-corrected chi connectivity index (χ4v) is 2.82. The van der Waals surface area contributed by atoms with Gasteiger partial charge in [-0.25, -0.2) is 0 Å². The first-order valence-electron chi connectivity index (χ1n) is 6.49. The summed E-state index contributed by atoms with van der Waals surface area (Å²) < 4.78 is 8.63. The van der Waals surface area contributed by atoms with Crippen molar-refractivity contribution in [3.05, 3.63) is 15.9 Å². The molecule has 1 rings (SSSR count). The molecule has 0 bridgehead atoms. The summed E-state index contributed by atoms with van der Waals surface area (Å²) in [5.41, 5.74) is 2.25. The standard InChI is InChI=1S/C13H24BrN3O/c1-6-12(18-5)10(15-7-2)8-11-13(14)9(3)16-17(11)4/h10,12,15H,6-8H2,1-5H3. The molecule has 5 heteroatoms. The molecular weight excluding hydrogens is 294 g/mol. The molecule has 1 aromatic rings. The summed E-state index contributed by atoms with van der Waals surface area (Å²) in [5, 5.41) is 7.95. The van der Waals surface area contributed by atoms with E-state index in [2.05, 4.69) is 40.2 Å². The van der Waals surface area contributed by atoms with Gasteiger partial charge in [0, 0.05) is 26.6 Å². The topological polar surface area (TPSA) is 39.1 Å². The van der Waals surface area contributed by atoms with E-state index in [1.165, 1.54) is 5.69 Å². The molecule has 0 aliphatic heterocycles. The molecule has 1 aromatic heterocycles. The van der Waals surface area contributed by atoms with Crippen LogP contribution in [0.15, 0.2) is 4.47 Å². The molecule has 0 saturated carbocycles. The number of ether oxygens (including phenoxy) is 1. The predicted octanol–water partition coefficient (Wildman–Crippen LogP) is 2.44. The van der Waals surface area contributed by atoms with E-state index < -0.39 is 0 Å². The molecular formula is C13H24BrN3O. The lowest BCUT2D eigenvalue weighted by atomic mass is 10.0. The van der Waals surface area contributed by atoms with Crippen LogP contribution < -0.4 is 5.32 Å². The van der Waals surface area contributed by atoms with Crippen molar-refractivity contribution < 1.29 is 4.74 Å². The summed E-state index contributed by atoms with van der Waals surface area (Å²) in [6.45, 7) is 7.24. The summed E-state index contributed by atoms with van der Waals surface area (Å²) in [4.78, 5) is 0. The number of nitrogens with zero attached hydrogens (tertiary/aromatic N) is 2. The molecule has 0 saturated heterocycles. The summed E-state index contributed by atoms with van der Waals surface area (Å²) in [6.07, 6.45) is 2.15. The van der Waals surface area contributed by atoms with Crippen molar-refractivity contribution in [3.63, 3.8) is 0 Å². The summed E-state index contributed by atoms with van der Waals surface area (Å²) in [7, 11) is 3.77. The van der Waals surface area contributed by atoms with Crippen LogP contribution in [-0.4, -0.2) is 35.6 Å². The van der Waals surface area contributed by atoms with Crippen LogP contribution in [0.4, 0.5) is 0 Å². The van der Waals surface area contributed by atoms with Crippen LogP contribution >= 0.6 is 15.9 Å². The van der Waals surface area contributed by atoms with Gasteiger partial charge in [0.15, 0.2) is 0 Å². The van der Waals surface area contributed by atoms with Gasteiger partial charge in [-0.05, 0) is 35.8 Å². The van der Waals surface area contributed by atoms with Crippen molar-refractivity contribution in [2.24, 2.45) is 7.05 Å². The lowest BCUT2D eigenvalue weighted by molar-refractivity contribution is 0.0652. The maximum atomic E-state index is 5.57. The number of hydrogen-bond acceptors (Lipinski definition) is 3. The van der Waals surface area contributed by atoms with Gasteiger partial charge in [-0.1, -0.05) is 13.8 Å². The summed E-state index contributed by atoms with van der Waals surface area (Å²) in [5.74, 6) is 0. The zero-order valence-corrected chi connectivity index (χ0v) is 13.5. The predicted molar refractivity (Wildman–Crippen MR) is 77.9 cm³/mol. The Kier molecular flexibility index (Phi) is 6.32. The van der Waals surface area contributed by atoms with Gasteiger partial charge >= 0.3 is 0 Å². The highest BCUT2D eigenvalue weighted by molar-refractivity contribution is 9.10. The summed E-state index contributed by atoms with van der Waals surface area (Å²) >= 11 is 3.62. The highest BCUT2D eigenvalue weighted by Crippen LogP contribution is 2.22. The molecule has 2 atom stereocenters. The minimum atomic E-state index is 0.229. The minimum absolute atomic E-state index is 0.229. The van der Waals surface area contributed by atoms with Crippen molar-refractivity contribution in [1.29, 1.82) is 0 Å². The second kappa shape index (κ2) is 7.26. The van der Waals surface area contributed by atoms with Crippen LogP contribution in [0.3, 0.4) is 0 Å². The number of halogens is 1. The molecule has 4 nitrogen and oxygen atoms in total. The quantitative estimate of drug-likeness (QED) is 0.839. The third-order valence-corrected chi connectivity index (χ3v) is 4.33. The molecule has 1 N–H and O–H groups in total. The number of methoxy groups -OCH3 is 1. The molecule has 0 spiro atoms. The second-order valence-electron chi connectivity index (χ2n) is 4.52. The van der Waals surface area contributed by atoms with Crippen molar-refractivity contribution in [3.8, 4) is 0 Å². The van der Waals surface area contributed by atoms with Gasteiger partial charge in [-0.3, -0.25) is 4.68 Å². The lowest BCUT2D eigenvalue weighted by Crippen LogP contribution is -2.42. The van der Waals surface area contributed by atoms with Crippen molar-refractivity contribution in [2.75, 3.05) is 13.7 Å². The Bertz CT molecular complexity index is 375. The Balaban J connectivity index is 2.88. The molecule has 2 unspecified atom stereocenters. The van der Waals surface area contributed by atoms with Gasteiger partial charge in [0.25, 0.3) is 0 Å². The molecule has 1 heterocycles. The first-order chi connectivity index (χ1) is 8.54. The van der Waals surface area contributed by atoms with E-state index in [1.807, 2.05) is 18.7 Å². The highest BCUT2D eigenvalue weighted by atomic mass is 79.9. The van der Waals surface area contributed by atoms with Gasteiger partial charge < -0.3 is 10.1 Å². The molecule has 0 aliphatic rings. The van der Waals surface area contributed by atoms with E-state index in [4.69, 9.17) is 4.74 Å². The normalized spacial score (nSPS) is 14.8. The van der Waals surface area contributed by atoms with E-state index >= 15 is 0 Å². The van der Waals surface area contributed by atoms with Gasteiger partial charge in [-0.15, -0.1) is 0 Å². The lowest BCUT2D eigenvalue weighted by Gasteiger charge is -2.26. The Morgan fingerprint density at radius 3 is 2.50 bits per heavy atom. The fraction of sp³-hybridized carbons (Fsp3) is 0.769. The average Bonchev–Trinajstić information content (AvgIpc) is 2.57. The fourth-order valence-electron chi connectivity index (χ4n) is 2.32. The Hall–Kier alpha value is -0.390. The Morgan fingerprint density at radius 1 is 1.44 bits per heavy atom. The van der Waals surface area contributed by atoms with Crippen LogP contribution in [0.1, 0.15) is 31.7 Å². The molecule has 104 valence electrons. The van der Waals surface area contributed by atoms with Crippen molar-refractivity contribution in [2.45, 2.75) is 45.8 Å². The first kappa shape index (κ1) is 15.7. The maximum absolute atomic E-state index is 5.57. The van der Waals surface area contributed by atoms with Crippen LogP contribution in [0.2, 0.25) is 0 Å². The highest BCUT2D eigenvalue weighted by Gasteiger charge is 2.22. The zero-order valence-electron chi connectivity index (χ0n) is 12.0. The maximum Gasteiger partial charge on any atom is 0.0738 e. The molecule has 0 amide bonds. The largest absolute Gasteiger partial charge is 0.380 e. The number of nitrogens with one attached hydrogen (secondary N) is 1. The summed E-state index contributed by atoms with van der Waals surface area (Å²) in [6, 6.07) is 0.316. The van der Waals surface area contributed by atoms with Gasteiger partial charge in [0.2, 0.25) is 0 Å². The van der Waals surface area contributed by atoms with Crippen LogP contribution in [0.5, 0.6) is 0 Å². The van der Waals surface area contributed by atoms with Gasteiger partial charge in [-0.2, -0.15) is 5.10 Å². The molecule has 0 radical (unpaired) electrons. The average molecular weight is 318 g/mol. The molecule has 0 aliphatic carbocycles. The molecule has 18 heavy (non-hydrogen) atoms. The monoisotopic (exact) mass is 317 g/mol. The van der Waals surface area contributed by atoms with E-state index in [1.54, 1.807) is 7.11 Å². The third kappa shape index (κ3) is 3.56. The van der Waals surface area contributed by atoms with Crippen LogP contribution in [-0.2, 0) is 18.2 Å². The third-order valence-electron chi connectivity index (χ3n) is 3.30. The second-order valence-corrected chi connectivity index (χ2v) is 5.31.